The van der Waals surface area contributed by atoms with Gasteiger partial charge in [0.15, 0.2) is 5.69 Å². The summed E-state index contributed by atoms with van der Waals surface area (Å²) in [5.41, 5.74) is 2.87. The Labute approximate surface area is 214 Å². The second kappa shape index (κ2) is 11.0. The third kappa shape index (κ3) is 6.55. The van der Waals surface area contributed by atoms with Crippen molar-refractivity contribution in [3.8, 4) is 0 Å². The van der Waals surface area contributed by atoms with Crippen LogP contribution in [-0.4, -0.2) is 54.7 Å². The van der Waals surface area contributed by atoms with E-state index >= 15 is 0 Å². The van der Waals surface area contributed by atoms with Crippen LogP contribution in [-0.2, 0) is 16.6 Å². The van der Waals surface area contributed by atoms with Crippen LogP contribution in [0.2, 0.25) is 0 Å². The minimum atomic E-state index is -3.29. The van der Waals surface area contributed by atoms with E-state index in [-0.39, 0.29) is 23.6 Å². The van der Waals surface area contributed by atoms with Crippen molar-refractivity contribution in [1.29, 1.82) is 0 Å². The maximum atomic E-state index is 13.1. The molecule has 8 nitrogen and oxygen atoms in total. The Morgan fingerprint density at radius 3 is 2.36 bits per heavy atom. The minimum Gasteiger partial charge on any atom is -0.360 e. The first kappa shape index (κ1) is 25.4. The number of aromatic nitrogens is 1. The second-order valence-corrected chi connectivity index (χ2v) is 12.9. The molecule has 1 amide bonds. The van der Waals surface area contributed by atoms with E-state index in [2.05, 4.69) is 47.0 Å². The molecule has 9 heteroatoms. The summed E-state index contributed by atoms with van der Waals surface area (Å²) >= 11 is 0. The van der Waals surface area contributed by atoms with Crippen LogP contribution in [0.15, 0.2) is 34.9 Å². The molecule has 2 heterocycles. The molecule has 1 aliphatic heterocycles. The molecular weight excluding hydrogens is 476 g/mol. The first-order valence-corrected chi connectivity index (χ1v) is 15.0. The van der Waals surface area contributed by atoms with Gasteiger partial charge in [-0.1, -0.05) is 35.0 Å². The van der Waals surface area contributed by atoms with E-state index in [0.29, 0.717) is 43.6 Å². The van der Waals surface area contributed by atoms with Crippen LogP contribution in [0.3, 0.4) is 0 Å². The van der Waals surface area contributed by atoms with E-state index in [0.717, 1.165) is 50.8 Å². The Bertz CT molecular complexity index is 1130. The van der Waals surface area contributed by atoms with Crippen LogP contribution in [0, 0.1) is 12.8 Å². The van der Waals surface area contributed by atoms with Crippen LogP contribution in [0.1, 0.15) is 84.7 Å². The van der Waals surface area contributed by atoms with Gasteiger partial charge in [0.1, 0.15) is 5.76 Å². The van der Waals surface area contributed by atoms with Crippen molar-refractivity contribution in [2.24, 2.45) is 5.92 Å². The molecule has 3 aliphatic rings. The first-order valence-electron chi connectivity index (χ1n) is 13.4. The standard InChI is InChI=1S/C27H38N4O4S/c1-19-2-4-20(5-3-19)17-28-23-10-6-21(7-11-23)18-36(33,34)31-14-12-24(13-15-31)29-27(32)25-16-26(35-30-25)22-8-9-22/h2-5,16,21-24,28H,6-15,17-18H2,1H3,(H,29,32). The molecule has 0 radical (unpaired) electrons. The van der Waals surface area contributed by atoms with Crippen LogP contribution in [0.25, 0.3) is 0 Å². The van der Waals surface area contributed by atoms with Crippen molar-refractivity contribution in [2.45, 2.75) is 82.8 Å². The molecule has 0 bridgehead atoms. The molecule has 2 saturated carbocycles. The minimum absolute atomic E-state index is 0.0416. The number of carbonyl (C=O) groups is 1. The Morgan fingerprint density at radius 1 is 1.00 bits per heavy atom. The monoisotopic (exact) mass is 514 g/mol. The lowest BCUT2D eigenvalue weighted by molar-refractivity contribution is 0.0914. The molecule has 0 atom stereocenters. The molecule has 0 unspecified atom stereocenters. The fourth-order valence-corrected chi connectivity index (χ4v) is 7.31. The average Bonchev–Trinajstić information content (AvgIpc) is 3.60. The number of hydrogen-bond donors (Lipinski definition) is 2. The number of piperidine rings is 1. The number of benzene rings is 1. The Balaban J connectivity index is 1.02. The molecular formula is C27H38N4O4S. The topological polar surface area (TPSA) is 105 Å². The van der Waals surface area contributed by atoms with Crippen LogP contribution in [0.4, 0.5) is 0 Å². The molecule has 36 heavy (non-hydrogen) atoms. The van der Waals surface area contributed by atoms with Gasteiger partial charge < -0.3 is 15.2 Å². The fraction of sp³-hybridized carbons (Fsp3) is 0.630. The maximum Gasteiger partial charge on any atom is 0.273 e. The van der Waals surface area contributed by atoms with Gasteiger partial charge >= 0.3 is 0 Å². The lowest BCUT2D eigenvalue weighted by atomic mass is 9.87. The van der Waals surface area contributed by atoms with Crippen LogP contribution >= 0.6 is 0 Å². The summed E-state index contributed by atoms with van der Waals surface area (Å²) in [6.45, 7) is 3.86. The highest BCUT2D eigenvalue weighted by Gasteiger charge is 2.33. The van der Waals surface area contributed by atoms with Gasteiger partial charge in [0, 0.05) is 43.7 Å². The normalized spacial score (nSPS) is 24.0. The number of sulfonamides is 1. The highest BCUT2D eigenvalue weighted by Crippen LogP contribution is 2.40. The predicted octanol–water partition coefficient (Wildman–Crippen LogP) is 3.73. The van der Waals surface area contributed by atoms with Gasteiger partial charge in [0.2, 0.25) is 10.0 Å². The highest BCUT2D eigenvalue weighted by molar-refractivity contribution is 7.89. The number of nitrogens with zero attached hydrogens (tertiary/aromatic N) is 2. The molecule has 2 aromatic rings. The summed E-state index contributed by atoms with van der Waals surface area (Å²) in [7, 11) is -3.29. The van der Waals surface area contributed by atoms with E-state index in [1.54, 1.807) is 10.4 Å². The number of hydrogen-bond acceptors (Lipinski definition) is 6. The second-order valence-electron chi connectivity index (χ2n) is 10.9. The molecule has 1 aromatic carbocycles. The summed E-state index contributed by atoms with van der Waals surface area (Å²) in [4.78, 5) is 12.5. The van der Waals surface area contributed by atoms with Gasteiger partial charge in [0.25, 0.3) is 5.91 Å². The quantitative estimate of drug-likeness (QED) is 0.528. The molecule has 0 spiro atoms. The average molecular weight is 515 g/mol. The van der Waals surface area contributed by atoms with Crippen molar-refractivity contribution in [1.82, 2.24) is 20.1 Å². The zero-order valence-corrected chi connectivity index (χ0v) is 21.9. The molecule has 3 fully saturated rings. The van der Waals surface area contributed by atoms with Gasteiger partial charge in [0.05, 0.1) is 5.75 Å². The van der Waals surface area contributed by atoms with Gasteiger partial charge in [-0.2, -0.15) is 0 Å². The maximum absolute atomic E-state index is 13.1. The summed E-state index contributed by atoms with van der Waals surface area (Å²) in [5.74, 6) is 1.42. The first-order chi connectivity index (χ1) is 17.4. The Hall–Kier alpha value is -2.23. The van der Waals surface area contributed by atoms with E-state index in [1.165, 1.54) is 11.1 Å². The molecule has 196 valence electrons. The van der Waals surface area contributed by atoms with Crippen molar-refractivity contribution in [3.05, 3.63) is 52.9 Å². The lowest BCUT2D eigenvalue weighted by Crippen LogP contribution is -2.47. The largest absolute Gasteiger partial charge is 0.360 e. The summed E-state index contributed by atoms with van der Waals surface area (Å²) < 4.78 is 33.1. The van der Waals surface area contributed by atoms with E-state index in [1.807, 2.05) is 0 Å². The lowest BCUT2D eigenvalue weighted by Gasteiger charge is -2.34. The van der Waals surface area contributed by atoms with Crippen LogP contribution in [0.5, 0.6) is 0 Å². The smallest absolute Gasteiger partial charge is 0.273 e. The molecule has 2 aliphatic carbocycles. The van der Waals surface area contributed by atoms with Gasteiger partial charge in [-0.25, -0.2) is 12.7 Å². The summed E-state index contributed by atoms with van der Waals surface area (Å²) in [5, 5.41) is 10.5. The third-order valence-corrected chi connectivity index (χ3v) is 9.98. The summed E-state index contributed by atoms with van der Waals surface area (Å²) in [6, 6.07) is 10.7. The Kier molecular flexibility index (Phi) is 7.79. The van der Waals surface area contributed by atoms with E-state index in [4.69, 9.17) is 4.52 Å². The number of carbonyl (C=O) groups excluding carboxylic acids is 1. The third-order valence-electron chi connectivity index (χ3n) is 7.93. The Morgan fingerprint density at radius 2 is 1.69 bits per heavy atom. The zero-order chi connectivity index (χ0) is 25.1. The van der Waals surface area contributed by atoms with Crippen molar-refractivity contribution in [3.63, 3.8) is 0 Å². The number of nitrogens with one attached hydrogen (secondary N) is 2. The van der Waals surface area contributed by atoms with E-state index in [9.17, 15) is 13.2 Å². The predicted molar refractivity (Wildman–Crippen MR) is 138 cm³/mol. The van der Waals surface area contributed by atoms with Gasteiger partial charge in [-0.3, -0.25) is 4.79 Å². The molecule has 1 aromatic heterocycles. The molecule has 5 rings (SSSR count). The van der Waals surface area contributed by atoms with Crippen molar-refractivity contribution < 1.29 is 17.7 Å². The molecule has 2 N–H and O–H groups in total. The van der Waals surface area contributed by atoms with Crippen LogP contribution < -0.4 is 10.6 Å². The van der Waals surface area contributed by atoms with Gasteiger partial charge in [-0.05, 0) is 69.8 Å². The van der Waals surface area contributed by atoms with E-state index < -0.39 is 10.0 Å². The number of rotatable bonds is 9. The SMILES string of the molecule is Cc1ccc(CNC2CCC(CS(=O)(=O)N3CCC(NC(=O)c4cc(C5CC5)on4)CC3)CC2)cc1. The van der Waals surface area contributed by atoms with Gasteiger partial charge in [-0.15, -0.1) is 0 Å². The highest BCUT2D eigenvalue weighted by atomic mass is 32.2. The zero-order valence-electron chi connectivity index (χ0n) is 21.1. The van der Waals surface area contributed by atoms with Crippen molar-refractivity contribution in [2.75, 3.05) is 18.8 Å². The number of aryl methyl sites for hydroxylation is 1. The summed E-state index contributed by atoms with van der Waals surface area (Å²) in [6.07, 6.45) is 7.35. The molecule has 1 saturated heterocycles. The fourth-order valence-electron chi connectivity index (χ4n) is 5.40. The van der Waals surface area contributed by atoms with Crippen molar-refractivity contribution >= 4 is 15.9 Å². The number of amides is 1.